The molecule has 0 atom stereocenters. The van der Waals surface area contributed by atoms with Crippen molar-refractivity contribution in [2.75, 3.05) is 19.6 Å². The highest BCUT2D eigenvalue weighted by molar-refractivity contribution is 5.36. The van der Waals surface area contributed by atoms with E-state index in [9.17, 15) is 0 Å². The van der Waals surface area contributed by atoms with E-state index in [1.165, 1.54) is 25.8 Å². The zero-order valence-electron chi connectivity index (χ0n) is 8.63. The molecule has 1 heterocycles. The summed E-state index contributed by atoms with van der Waals surface area (Å²) in [4.78, 5) is 2.47. The molecule has 0 aromatic rings. The monoisotopic (exact) mass is 187 g/mol. The number of piperidine rings is 1. The second kappa shape index (κ2) is 4.48. The minimum Gasteiger partial charge on any atom is -0.298 e. The molecule has 74 valence electrons. The van der Waals surface area contributed by atoms with Crippen LogP contribution in [0.4, 0.5) is 0 Å². The minimum atomic E-state index is 0.881. The summed E-state index contributed by atoms with van der Waals surface area (Å²) in [6.45, 7) is 3.36. The van der Waals surface area contributed by atoms with Crippen LogP contribution >= 0.6 is 0 Å². The second-order valence-electron chi connectivity index (χ2n) is 4.02. The van der Waals surface area contributed by atoms with Crippen LogP contribution in [0.15, 0.2) is 23.3 Å². The summed E-state index contributed by atoms with van der Waals surface area (Å²) < 4.78 is 0. The third-order valence-electron chi connectivity index (χ3n) is 3.02. The molecule has 14 heavy (non-hydrogen) atoms. The number of hydrogen-bond acceptors (Lipinski definition) is 1. The summed E-state index contributed by atoms with van der Waals surface area (Å²) in [5, 5.41) is 0. The van der Waals surface area contributed by atoms with Crippen molar-refractivity contribution in [3.63, 3.8) is 0 Å². The lowest BCUT2D eigenvalue weighted by Gasteiger charge is -2.31. The average molecular weight is 187 g/mol. The summed E-state index contributed by atoms with van der Waals surface area (Å²) in [7, 11) is 0. The molecule has 0 aromatic heterocycles. The molecule has 1 aliphatic heterocycles. The van der Waals surface area contributed by atoms with Gasteiger partial charge in [-0.25, -0.2) is 0 Å². The molecule has 0 saturated carbocycles. The lowest BCUT2D eigenvalue weighted by Crippen LogP contribution is -2.33. The first-order valence-corrected chi connectivity index (χ1v) is 5.44. The lowest BCUT2D eigenvalue weighted by atomic mass is 9.91. The van der Waals surface area contributed by atoms with Gasteiger partial charge in [0.25, 0.3) is 0 Å². The molecule has 0 radical (unpaired) electrons. The van der Waals surface area contributed by atoms with Crippen LogP contribution in [0.1, 0.15) is 25.7 Å². The Labute approximate surface area is 86.5 Å². The highest BCUT2D eigenvalue weighted by atomic mass is 15.1. The van der Waals surface area contributed by atoms with Crippen LogP contribution in [0.3, 0.4) is 0 Å². The summed E-state index contributed by atoms with van der Waals surface area (Å²) in [6, 6.07) is 0. The smallest absolute Gasteiger partial charge is 0.0233 e. The van der Waals surface area contributed by atoms with Gasteiger partial charge in [0.1, 0.15) is 0 Å². The van der Waals surface area contributed by atoms with E-state index in [4.69, 9.17) is 6.42 Å². The number of rotatable bonds is 2. The molecule has 1 fully saturated rings. The van der Waals surface area contributed by atoms with E-state index in [-0.39, 0.29) is 0 Å². The number of nitrogens with zero attached hydrogens (tertiary/aromatic N) is 1. The van der Waals surface area contributed by atoms with Gasteiger partial charge in [0.15, 0.2) is 0 Å². The summed E-state index contributed by atoms with van der Waals surface area (Å²) in [6.07, 6.45) is 14.6. The Balaban J connectivity index is 1.94. The van der Waals surface area contributed by atoms with Gasteiger partial charge in [-0.3, -0.25) is 4.90 Å². The quantitative estimate of drug-likeness (QED) is 0.600. The molecule has 0 unspecified atom stereocenters. The van der Waals surface area contributed by atoms with Gasteiger partial charge < -0.3 is 0 Å². The maximum Gasteiger partial charge on any atom is 0.0233 e. The Morgan fingerprint density at radius 1 is 1.29 bits per heavy atom. The van der Waals surface area contributed by atoms with Gasteiger partial charge in [-0.2, -0.15) is 0 Å². The molecule has 0 spiro atoms. The number of fused-ring (bicyclic) bond motifs is 1. The molecule has 1 nitrogen and oxygen atoms in total. The van der Waals surface area contributed by atoms with E-state index in [1.807, 2.05) is 0 Å². The Hall–Kier alpha value is -1.00. The van der Waals surface area contributed by atoms with E-state index in [0.717, 1.165) is 19.5 Å². The minimum absolute atomic E-state index is 0.881. The van der Waals surface area contributed by atoms with E-state index in [1.54, 1.807) is 11.1 Å². The van der Waals surface area contributed by atoms with Crippen molar-refractivity contribution < 1.29 is 0 Å². The van der Waals surface area contributed by atoms with Crippen molar-refractivity contribution in [3.8, 4) is 12.3 Å². The van der Waals surface area contributed by atoms with Crippen LogP contribution in [-0.2, 0) is 0 Å². The van der Waals surface area contributed by atoms with Gasteiger partial charge in [-0.1, -0.05) is 12.2 Å². The molecular weight excluding hydrogens is 170 g/mol. The van der Waals surface area contributed by atoms with Gasteiger partial charge in [-0.15, -0.1) is 12.3 Å². The largest absolute Gasteiger partial charge is 0.298 e. The fourth-order valence-corrected chi connectivity index (χ4v) is 2.22. The molecular formula is C13H17N. The molecule has 0 aromatic carbocycles. The number of hydrogen-bond donors (Lipinski definition) is 0. The predicted octanol–water partition coefficient (Wildman–Crippen LogP) is 2.36. The van der Waals surface area contributed by atoms with Crippen molar-refractivity contribution in [3.05, 3.63) is 23.3 Å². The Kier molecular flexibility index (Phi) is 3.06. The zero-order valence-corrected chi connectivity index (χ0v) is 8.63. The van der Waals surface area contributed by atoms with Gasteiger partial charge in [0.2, 0.25) is 0 Å². The zero-order chi connectivity index (χ0) is 9.80. The van der Waals surface area contributed by atoms with E-state index < -0.39 is 0 Å². The van der Waals surface area contributed by atoms with Crippen molar-refractivity contribution in [2.45, 2.75) is 25.7 Å². The van der Waals surface area contributed by atoms with E-state index >= 15 is 0 Å². The predicted molar refractivity (Wildman–Crippen MR) is 59.9 cm³/mol. The molecule has 1 heteroatoms. The lowest BCUT2D eigenvalue weighted by molar-refractivity contribution is 0.290. The average Bonchev–Trinajstić information content (AvgIpc) is 2.26. The normalized spacial score (nSPS) is 21.9. The first kappa shape index (κ1) is 9.55. The first-order valence-electron chi connectivity index (χ1n) is 5.44. The van der Waals surface area contributed by atoms with Crippen LogP contribution in [-0.4, -0.2) is 24.5 Å². The van der Waals surface area contributed by atoms with Crippen molar-refractivity contribution >= 4 is 0 Å². The van der Waals surface area contributed by atoms with E-state index in [0.29, 0.717) is 0 Å². The van der Waals surface area contributed by atoms with Gasteiger partial charge in [-0.05, 0) is 30.4 Å². The third kappa shape index (κ3) is 2.08. The standard InChI is InChI=1S/C13H17N/c1-2-3-9-14-10-8-12-6-4-5-7-13(12)11-14/h1,6-7H,3-5,8-11H2. The number of allylic oxidation sites excluding steroid dienone is 2. The topological polar surface area (TPSA) is 3.24 Å². The first-order chi connectivity index (χ1) is 6.90. The third-order valence-corrected chi connectivity index (χ3v) is 3.02. The Bertz CT molecular complexity index is 304. The Morgan fingerprint density at radius 3 is 2.86 bits per heavy atom. The SMILES string of the molecule is C#CCCN1CCC2=CCCC=C2C1. The highest BCUT2D eigenvalue weighted by Crippen LogP contribution is 2.26. The van der Waals surface area contributed by atoms with Crippen molar-refractivity contribution in [1.29, 1.82) is 0 Å². The molecule has 1 saturated heterocycles. The molecule has 0 bridgehead atoms. The van der Waals surface area contributed by atoms with Crippen LogP contribution in [0.5, 0.6) is 0 Å². The van der Waals surface area contributed by atoms with Crippen LogP contribution in [0.25, 0.3) is 0 Å². The molecule has 2 aliphatic rings. The molecule has 0 amide bonds. The van der Waals surface area contributed by atoms with Crippen LogP contribution < -0.4 is 0 Å². The summed E-state index contributed by atoms with van der Waals surface area (Å²) >= 11 is 0. The Morgan fingerprint density at radius 2 is 2.07 bits per heavy atom. The second-order valence-corrected chi connectivity index (χ2v) is 4.02. The van der Waals surface area contributed by atoms with Gasteiger partial charge in [0.05, 0.1) is 0 Å². The summed E-state index contributed by atoms with van der Waals surface area (Å²) in [5.74, 6) is 2.71. The number of terminal acetylenes is 1. The van der Waals surface area contributed by atoms with Crippen LogP contribution in [0.2, 0.25) is 0 Å². The van der Waals surface area contributed by atoms with Crippen molar-refractivity contribution in [1.82, 2.24) is 4.90 Å². The van der Waals surface area contributed by atoms with E-state index in [2.05, 4.69) is 23.0 Å². The maximum atomic E-state index is 5.27. The molecule has 2 rings (SSSR count). The van der Waals surface area contributed by atoms with Crippen LogP contribution in [0, 0.1) is 12.3 Å². The maximum absolute atomic E-state index is 5.27. The highest BCUT2D eigenvalue weighted by Gasteiger charge is 2.18. The van der Waals surface area contributed by atoms with Crippen molar-refractivity contribution in [2.24, 2.45) is 0 Å². The summed E-state index contributed by atoms with van der Waals surface area (Å²) in [5.41, 5.74) is 3.15. The molecule has 0 N–H and O–H groups in total. The van der Waals surface area contributed by atoms with Gasteiger partial charge in [0, 0.05) is 26.1 Å². The fraction of sp³-hybridized carbons (Fsp3) is 0.538. The number of likely N-dealkylation sites (tertiary alicyclic amines) is 1. The van der Waals surface area contributed by atoms with Gasteiger partial charge >= 0.3 is 0 Å². The fourth-order valence-electron chi connectivity index (χ4n) is 2.22. The molecule has 1 aliphatic carbocycles.